The summed E-state index contributed by atoms with van der Waals surface area (Å²) in [5.74, 6) is -1.48. The minimum absolute atomic E-state index is 0.0322. The summed E-state index contributed by atoms with van der Waals surface area (Å²) in [5.41, 5.74) is 6.75. The first-order valence-electron chi connectivity index (χ1n) is 6.25. The van der Waals surface area contributed by atoms with E-state index in [0.717, 1.165) is 0 Å². The van der Waals surface area contributed by atoms with Crippen molar-refractivity contribution in [1.29, 1.82) is 5.26 Å². The van der Waals surface area contributed by atoms with E-state index in [2.05, 4.69) is 10.6 Å². The van der Waals surface area contributed by atoms with Gasteiger partial charge in [0.05, 0.1) is 0 Å². The number of nitriles is 1. The van der Waals surface area contributed by atoms with E-state index in [1.165, 1.54) is 6.20 Å². The van der Waals surface area contributed by atoms with Crippen molar-refractivity contribution in [3.05, 3.63) is 36.0 Å². The van der Waals surface area contributed by atoms with Crippen molar-refractivity contribution >= 4 is 23.3 Å². The Bertz CT molecular complexity index is 573. The van der Waals surface area contributed by atoms with Crippen LogP contribution in [0, 0.1) is 11.3 Å². The number of nitrogens with two attached hydrogens (primary N) is 1. The van der Waals surface area contributed by atoms with E-state index in [1.54, 1.807) is 30.3 Å². The molecule has 7 heteroatoms. The Labute approximate surface area is 122 Å². The molecule has 0 aromatic heterocycles. The van der Waals surface area contributed by atoms with Gasteiger partial charge in [-0.05, 0) is 30.7 Å². The van der Waals surface area contributed by atoms with Gasteiger partial charge in [0.25, 0.3) is 5.91 Å². The predicted octanol–water partition coefficient (Wildman–Crippen LogP) is 1.07. The van der Waals surface area contributed by atoms with Crippen LogP contribution >= 0.6 is 0 Å². The quantitative estimate of drug-likeness (QED) is 0.257. The molecule has 0 aliphatic heterocycles. The molecule has 0 unspecified atom stereocenters. The van der Waals surface area contributed by atoms with E-state index in [0.29, 0.717) is 17.8 Å². The normalized spacial score (nSPS) is 10.5. The van der Waals surface area contributed by atoms with Crippen LogP contribution in [-0.2, 0) is 9.59 Å². The standard InChI is InChI=1S/C14H16N4O3/c15-8-10(14(21)17-7-1-2-13(19)20)9-18-12-5-3-11(16)4-6-12/h3-6,9,18H,1-2,7,16H2,(H,17,21)(H,19,20)/b10-9-. The van der Waals surface area contributed by atoms with Crippen LogP contribution in [0.15, 0.2) is 36.0 Å². The summed E-state index contributed by atoms with van der Waals surface area (Å²) in [7, 11) is 0. The number of carboxylic acids is 1. The Balaban J connectivity index is 2.51. The van der Waals surface area contributed by atoms with Gasteiger partial charge in [0, 0.05) is 30.5 Å². The minimum Gasteiger partial charge on any atom is -0.481 e. The number of nitrogen functional groups attached to an aromatic ring is 1. The van der Waals surface area contributed by atoms with Crippen LogP contribution in [0.4, 0.5) is 11.4 Å². The molecule has 0 saturated heterocycles. The zero-order chi connectivity index (χ0) is 15.7. The first kappa shape index (κ1) is 16.0. The highest BCUT2D eigenvalue weighted by Crippen LogP contribution is 2.10. The summed E-state index contributed by atoms with van der Waals surface area (Å²) in [6.45, 7) is 0.200. The topological polar surface area (TPSA) is 128 Å². The van der Waals surface area contributed by atoms with E-state index in [1.807, 2.05) is 0 Å². The second kappa shape index (κ2) is 8.22. The van der Waals surface area contributed by atoms with Crippen molar-refractivity contribution in [3.8, 4) is 6.07 Å². The number of amides is 1. The maximum absolute atomic E-state index is 11.7. The summed E-state index contributed by atoms with van der Waals surface area (Å²) < 4.78 is 0. The molecule has 0 aliphatic carbocycles. The summed E-state index contributed by atoms with van der Waals surface area (Å²) in [4.78, 5) is 22.0. The second-order valence-electron chi connectivity index (χ2n) is 4.19. The molecular weight excluding hydrogens is 272 g/mol. The lowest BCUT2D eigenvalue weighted by Crippen LogP contribution is -2.26. The molecule has 0 radical (unpaired) electrons. The van der Waals surface area contributed by atoms with Crippen LogP contribution in [0.1, 0.15) is 12.8 Å². The van der Waals surface area contributed by atoms with E-state index in [-0.39, 0.29) is 18.5 Å². The highest BCUT2D eigenvalue weighted by atomic mass is 16.4. The Morgan fingerprint density at radius 2 is 2.00 bits per heavy atom. The first-order valence-corrected chi connectivity index (χ1v) is 6.25. The number of carboxylic acid groups (broad SMARTS) is 1. The minimum atomic E-state index is -0.926. The summed E-state index contributed by atoms with van der Waals surface area (Å²) in [5, 5.41) is 22.7. The fourth-order valence-corrected chi connectivity index (χ4v) is 1.42. The molecule has 0 fully saturated rings. The van der Waals surface area contributed by atoms with Gasteiger partial charge in [-0.25, -0.2) is 0 Å². The van der Waals surface area contributed by atoms with Gasteiger partial charge in [-0.2, -0.15) is 5.26 Å². The van der Waals surface area contributed by atoms with Gasteiger partial charge in [-0.1, -0.05) is 0 Å². The van der Waals surface area contributed by atoms with Crippen LogP contribution in [0.2, 0.25) is 0 Å². The van der Waals surface area contributed by atoms with E-state index in [9.17, 15) is 9.59 Å². The molecule has 0 atom stereocenters. The smallest absolute Gasteiger partial charge is 0.303 e. The number of benzene rings is 1. The van der Waals surface area contributed by atoms with E-state index in [4.69, 9.17) is 16.1 Å². The van der Waals surface area contributed by atoms with Crippen LogP contribution in [0.3, 0.4) is 0 Å². The van der Waals surface area contributed by atoms with E-state index < -0.39 is 11.9 Å². The number of nitrogens with zero attached hydrogens (tertiary/aromatic N) is 1. The van der Waals surface area contributed by atoms with Crippen molar-refractivity contribution in [1.82, 2.24) is 5.32 Å². The number of aliphatic carboxylic acids is 1. The molecule has 0 bridgehead atoms. The number of carbonyl (C=O) groups is 2. The van der Waals surface area contributed by atoms with Crippen molar-refractivity contribution in [3.63, 3.8) is 0 Å². The average Bonchev–Trinajstić information content (AvgIpc) is 2.46. The van der Waals surface area contributed by atoms with Crippen molar-refractivity contribution in [2.75, 3.05) is 17.6 Å². The monoisotopic (exact) mass is 288 g/mol. The number of rotatable bonds is 7. The lowest BCUT2D eigenvalue weighted by atomic mass is 10.2. The second-order valence-corrected chi connectivity index (χ2v) is 4.19. The third-order valence-corrected chi connectivity index (χ3v) is 2.51. The SMILES string of the molecule is N#C/C(=C/Nc1ccc(N)cc1)C(=O)NCCCC(=O)O. The predicted molar refractivity (Wildman–Crippen MR) is 78.1 cm³/mol. The third-order valence-electron chi connectivity index (χ3n) is 2.51. The largest absolute Gasteiger partial charge is 0.481 e. The van der Waals surface area contributed by atoms with Crippen LogP contribution in [0.5, 0.6) is 0 Å². The molecule has 0 spiro atoms. The molecule has 21 heavy (non-hydrogen) atoms. The van der Waals surface area contributed by atoms with Crippen molar-refractivity contribution < 1.29 is 14.7 Å². The van der Waals surface area contributed by atoms with Crippen molar-refractivity contribution in [2.45, 2.75) is 12.8 Å². The van der Waals surface area contributed by atoms with Gasteiger partial charge >= 0.3 is 5.97 Å². The number of anilines is 2. The molecule has 1 amide bonds. The van der Waals surface area contributed by atoms with Gasteiger partial charge in [0.15, 0.2) is 0 Å². The number of nitrogens with one attached hydrogen (secondary N) is 2. The Morgan fingerprint density at radius 3 is 2.57 bits per heavy atom. The van der Waals surface area contributed by atoms with Gasteiger partial charge in [0.1, 0.15) is 11.6 Å². The summed E-state index contributed by atoms with van der Waals surface area (Å²) in [6.07, 6.45) is 1.57. The number of hydrogen-bond acceptors (Lipinski definition) is 5. The molecule has 7 nitrogen and oxygen atoms in total. The summed E-state index contributed by atoms with van der Waals surface area (Å²) in [6, 6.07) is 8.58. The van der Waals surface area contributed by atoms with Crippen LogP contribution in [-0.4, -0.2) is 23.5 Å². The molecule has 1 rings (SSSR count). The first-order chi connectivity index (χ1) is 10.0. The zero-order valence-electron chi connectivity index (χ0n) is 11.3. The van der Waals surface area contributed by atoms with Gasteiger partial charge in [-0.15, -0.1) is 0 Å². The Morgan fingerprint density at radius 1 is 1.33 bits per heavy atom. The zero-order valence-corrected chi connectivity index (χ0v) is 11.3. The lowest BCUT2D eigenvalue weighted by Gasteiger charge is -2.04. The van der Waals surface area contributed by atoms with Crippen LogP contribution in [0.25, 0.3) is 0 Å². The Hall–Kier alpha value is -3.01. The lowest BCUT2D eigenvalue weighted by molar-refractivity contribution is -0.137. The fourth-order valence-electron chi connectivity index (χ4n) is 1.42. The molecular formula is C14H16N4O3. The van der Waals surface area contributed by atoms with Gasteiger partial charge in [-0.3, -0.25) is 9.59 Å². The maximum atomic E-state index is 11.7. The maximum Gasteiger partial charge on any atom is 0.303 e. The third kappa shape index (κ3) is 6.11. The van der Waals surface area contributed by atoms with Crippen molar-refractivity contribution in [2.24, 2.45) is 0 Å². The van der Waals surface area contributed by atoms with Gasteiger partial charge < -0.3 is 21.5 Å². The fraction of sp³-hybridized carbons (Fsp3) is 0.214. The number of carbonyl (C=O) groups excluding carboxylic acids is 1. The van der Waals surface area contributed by atoms with Crippen LogP contribution < -0.4 is 16.4 Å². The average molecular weight is 288 g/mol. The molecule has 1 aromatic rings. The van der Waals surface area contributed by atoms with Gasteiger partial charge in [0.2, 0.25) is 0 Å². The molecule has 1 aromatic carbocycles. The molecule has 0 saturated carbocycles. The summed E-state index contributed by atoms with van der Waals surface area (Å²) >= 11 is 0. The molecule has 110 valence electrons. The number of hydrogen-bond donors (Lipinski definition) is 4. The highest BCUT2D eigenvalue weighted by molar-refractivity contribution is 5.97. The molecule has 0 aliphatic rings. The Kier molecular flexibility index (Phi) is 6.28. The van der Waals surface area contributed by atoms with E-state index >= 15 is 0 Å². The molecule has 0 heterocycles. The molecule has 5 N–H and O–H groups in total. The highest BCUT2D eigenvalue weighted by Gasteiger charge is 2.08.